The molecule has 0 heterocycles. The Morgan fingerprint density at radius 1 is 1.20 bits per heavy atom. The summed E-state index contributed by atoms with van der Waals surface area (Å²) < 4.78 is 5.64. The Balaban J connectivity index is 1.94. The summed E-state index contributed by atoms with van der Waals surface area (Å²) in [5.74, 6) is -0.664. The van der Waals surface area contributed by atoms with Gasteiger partial charge in [0.1, 0.15) is 5.75 Å². The van der Waals surface area contributed by atoms with Crippen molar-refractivity contribution < 1.29 is 19.4 Å². The van der Waals surface area contributed by atoms with E-state index in [2.05, 4.69) is 5.32 Å². The van der Waals surface area contributed by atoms with Crippen molar-refractivity contribution in [2.24, 2.45) is 0 Å². The Morgan fingerprint density at radius 3 is 2.52 bits per heavy atom. The van der Waals surface area contributed by atoms with Gasteiger partial charge < -0.3 is 15.2 Å². The van der Waals surface area contributed by atoms with Crippen LogP contribution in [0.2, 0.25) is 5.02 Å². The van der Waals surface area contributed by atoms with Gasteiger partial charge in [0.05, 0.1) is 5.02 Å². The lowest BCUT2D eigenvalue weighted by Gasteiger charge is -2.16. The third-order valence-electron chi connectivity index (χ3n) is 3.61. The zero-order valence-corrected chi connectivity index (χ0v) is 14.8. The second kappa shape index (κ2) is 8.53. The minimum absolute atomic E-state index is 0.0772. The first kappa shape index (κ1) is 18.8. The fourth-order valence-electron chi connectivity index (χ4n) is 2.19. The normalized spacial score (nSPS) is 11.6. The van der Waals surface area contributed by atoms with Crippen molar-refractivity contribution in [2.75, 3.05) is 5.32 Å². The predicted molar refractivity (Wildman–Crippen MR) is 97.3 cm³/mol. The number of nitrogens with one attached hydrogen (secondary N) is 1. The molecule has 0 spiro atoms. The van der Waals surface area contributed by atoms with Gasteiger partial charge in [-0.3, -0.25) is 9.59 Å². The van der Waals surface area contributed by atoms with Crippen LogP contribution in [0.25, 0.3) is 0 Å². The van der Waals surface area contributed by atoms with Gasteiger partial charge in [0.2, 0.25) is 0 Å². The van der Waals surface area contributed by atoms with Gasteiger partial charge in [-0.1, -0.05) is 29.8 Å². The van der Waals surface area contributed by atoms with Crippen molar-refractivity contribution >= 4 is 29.2 Å². The number of ether oxygens (including phenoxy) is 1. The first-order valence-corrected chi connectivity index (χ1v) is 8.27. The van der Waals surface area contributed by atoms with Crippen molar-refractivity contribution in [3.8, 4) is 5.75 Å². The number of aryl methyl sites for hydroxylation is 2. The number of hydrogen-bond acceptors (Lipinski definition) is 3. The number of carbonyl (C=O) groups is 2. The molecule has 5 nitrogen and oxygen atoms in total. The lowest BCUT2D eigenvalue weighted by Crippen LogP contribution is -2.30. The molecule has 0 fully saturated rings. The molecule has 0 saturated heterocycles. The van der Waals surface area contributed by atoms with E-state index in [0.29, 0.717) is 22.9 Å². The van der Waals surface area contributed by atoms with Gasteiger partial charge in [0, 0.05) is 12.1 Å². The number of benzene rings is 2. The molecule has 1 unspecified atom stereocenters. The zero-order chi connectivity index (χ0) is 18.4. The molecule has 0 radical (unpaired) electrons. The van der Waals surface area contributed by atoms with Gasteiger partial charge in [0.25, 0.3) is 5.91 Å². The van der Waals surface area contributed by atoms with Gasteiger partial charge in [-0.05, 0) is 55.7 Å². The molecule has 2 rings (SSSR count). The minimum atomic E-state index is -0.835. The van der Waals surface area contributed by atoms with E-state index in [0.717, 1.165) is 11.1 Å². The molecule has 132 valence electrons. The summed E-state index contributed by atoms with van der Waals surface area (Å²) in [5.41, 5.74) is 2.51. The van der Waals surface area contributed by atoms with Crippen LogP contribution in [0.15, 0.2) is 42.5 Å². The average molecular weight is 362 g/mol. The summed E-state index contributed by atoms with van der Waals surface area (Å²) in [6.45, 7) is 3.56. The van der Waals surface area contributed by atoms with Crippen LogP contribution < -0.4 is 10.1 Å². The zero-order valence-electron chi connectivity index (χ0n) is 14.1. The van der Waals surface area contributed by atoms with Crippen LogP contribution in [0, 0.1) is 6.92 Å². The van der Waals surface area contributed by atoms with E-state index in [4.69, 9.17) is 21.4 Å². The summed E-state index contributed by atoms with van der Waals surface area (Å²) >= 11 is 6.08. The van der Waals surface area contributed by atoms with Crippen LogP contribution >= 0.6 is 11.6 Å². The summed E-state index contributed by atoms with van der Waals surface area (Å²) in [7, 11) is 0. The first-order valence-electron chi connectivity index (χ1n) is 7.89. The Morgan fingerprint density at radius 2 is 1.88 bits per heavy atom. The molecule has 0 aromatic heterocycles. The number of aliphatic carboxylic acids is 1. The van der Waals surface area contributed by atoms with E-state index in [1.54, 1.807) is 43.3 Å². The molecular formula is C19H20ClNO4. The van der Waals surface area contributed by atoms with Crippen molar-refractivity contribution in [3.63, 3.8) is 0 Å². The minimum Gasteiger partial charge on any atom is -0.481 e. The Hall–Kier alpha value is -2.53. The van der Waals surface area contributed by atoms with Crippen molar-refractivity contribution in [1.82, 2.24) is 0 Å². The van der Waals surface area contributed by atoms with Crippen LogP contribution in [-0.4, -0.2) is 23.1 Å². The lowest BCUT2D eigenvalue weighted by atomic mass is 10.1. The second-order valence-electron chi connectivity index (χ2n) is 5.77. The molecule has 0 aliphatic rings. The number of anilines is 1. The predicted octanol–water partition coefficient (Wildman–Crippen LogP) is 4.07. The number of carbonyl (C=O) groups excluding carboxylic acids is 1. The van der Waals surface area contributed by atoms with Gasteiger partial charge in [-0.2, -0.15) is 0 Å². The van der Waals surface area contributed by atoms with E-state index in [9.17, 15) is 9.59 Å². The molecule has 1 atom stereocenters. The molecule has 25 heavy (non-hydrogen) atoms. The molecule has 0 saturated carbocycles. The Labute approximate surface area is 151 Å². The summed E-state index contributed by atoms with van der Waals surface area (Å²) in [4.78, 5) is 22.8. The summed E-state index contributed by atoms with van der Waals surface area (Å²) in [6.07, 6.45) is -0.186. The van der Waals surface area contributed by atoms with Crippen LogP contribution in [0.5, 0.6) is 5.75 Å². The smallest absolute Gasteiger partial charge is 0.303 e. The second-order valence-corrected chi connectivity index (χ2v) is 6.18. The molecule has 2 aromatic carbocycles. The summed E-state index contributed by atoms with van der Waals surface area (Å²) in [5, 5.41) is 11.9. The average Bonchev–Trinajstić information content (AvgIpc) is 2.57. The maximum Gasteiger partial charge on any atom is 0.303 e. The number of halogens is 1. The maximum atomic E-state index is 12.3. The van der Waals surface area contributed by atoms with Crippen LogP contribution in [0.3, 0.4) is 0 Å². The molecule has 2 N–H and O–H groups in total. The van der Waals surface area contributed by atoms with Crippen LogP contribution in [0.1, 0.15) is 24.5 Å². The first-order chi connectivity index (χ1) is 11.8. The number of rotatable bonds is 7. The monoisotopic (exact) mass is 361 g/mol. The van der Waals surface area contributed by atoms with E-state index < -0.39 is 12.1 Å². The van der Waals surface area contributed by atoms with Crippen LogP contribution in [-0.2, 0) is 16.0 Å². The number of hydrogen-bond donors (Lipinski definition) is 2. The van der Waals surface area contributed by atoms with E-state index >= 15 is 0 Å². The van der Waals surface area contributed by atoms with E-state index in [1.165, 1.54) is 0 Å². The quantitative estimate of drug-likeness (QED) is 0.779. The molecule has 0 aliphatic carbocycles. The van der Waals surface area contributed by atoms with E-state index in [-0.39, 0.29) is 12.3 Å². The Bertz CT molecular complexity index is 759. The standard InChI is InChI=1S/C19H20ClNO4/c1-12-3-9-16(20)17(11-12)25-13(2)19(24)21-15-7-4-14(5-8-15)6-10-18(22)23/h3-5,7-9,11,13H,6,10H2,1-2H3,(H,21,24)(H,22,23). The highest BCUT2D eigenvalue weighted by molar-refractivity contribution is 6.32. The van der Waals surface area contributed by atoms with Gasteiger partial charge in [-0.25, -0.2) is 0 Å². The largest absolute Gasteiger partial charge is 0.481 e. The van der Waals surface area contributed by atoms with Crippen molar-refractivity contribution in [3.05, 3.63) is 58.6 Å². The highest BCUT2D eigenvalue weighted by Crippen LogP contribution is 2.26. The number of amides is 1. The summed E-state index contributed by atoms with van der Waals surface area (Å²) in [6, 6.07) is 12.4. The number of carboxylic acids is 1. The van der Waals surface area contributed by atoms with Gasteiger partial charge in [0.15, 0.2) is 6.10 Å². The fraction of sp³-hybridized carbons (Fsp3) is 0.263. The topological polar surface area (TPSA) is 75.6 Å². The van der Waals surface area contributed by atoms with Crippen LogP contribution in [0.4, 0.5) is 5.69 Å². The molecular weight excluding hydrogens is 342 g/mol. The van der Waals surface area contributed by atoms with Gasteiger partial charge in [-0.15, -0.1) is 0 Å². The van der Waals surface area contributed by atoms with E-state index in [1.807, 2.05) is 13.0 Å². The third kappa shape index (κ3) is 5.80. The highest BCUT2D eigenvalue weighted by atomic mass is 35.5. The van der Waals surface area contributed by atoms with Crippen molar-refractivity contribution in [1.29, 1.82) is 0 Å². The molecule has 6 heteroatoms. The lowest BCUT2D eigenvalue weighted by molar-refractivity contribution is -0.137. The molecule has 1 amide bonds. The molecule has 0 aliphatic heterocycles. The van der Waals surface area contributed by atoms with Gasteiger partial charge >= 0.3 is 5.97 Å². The highest BCUT2D eigenvalue weighted by Gasteiger charge is 2.16. The molecule has 2 aromatic rings. The Kier molecular flexibility index (Phi) is 6.42. The SMILES string of the molecule is Cc1ccc(Cl)c(OC(C)C(=O)Nc2ccc(CCC(=O)O)cc2)c1. The third-order valence-corrected chi connectivity index (χ3v) is 3.92. The maximum absolute atomic E-state index is 12.3. The van der Waals surface area contributed by atoms with Crippen molar-refractivity contribution in [2.45, 2.75) is 32.8 Å². The fourth-order valence-corrected chi connectivity index (χ4v) is 2.36. The number of carboxylic acid groups (broad SMARTS) is 1. The molecule has 0 bridgehead atoms.